The summed E-state index contributed by atoms with van der Waals surface area (Å²) >= 11 is 6.13. The van der Waals surface area contributed by atoms with E-state index in [2.05, 4.69) is 5.32 Å². The summed E-state index contributed by atoms with van der Waals surface area (Å²) in [7, 11) is -3.11. The van der Waals surface area contributed by atoms with Gasteiger partial charge in [0.2, 0.25) is 0 Å². The molecule has 1 atom stereocenters. The van der Waals surface area contributed by atoms with Crippen molar-refractivity contribution in [2.24, 2.45) is 0 Å². The SMILES string of the molecule is N#C/C(=C\c1ccc(-c2ccccc2Cl)o1)C(=O)N[C@H]1CCS(=O)(=O)C1. The number of hydrogen-bond acceptors (Lipinski definition) is 5. The third-order valence-electron chi connectivity index (χ3n) is 3.99. The Kier molecular flexibility index (Phi) is 5.16. The lowest BCUT2D eigenvalue weighted by Crippen LogP contribution is -2.36. The fraction of sp³-hybridized carbons (Fsp3) is 0.222. The Morgan fingerprint density at radius 2 is 2.08 bits per heavy atom. The number of carbonyl (C=O) groups excluding carboxylic acids is 1. The monoisotopic (exact) mass is 390 g/mol. The first-order valence-corrected chi connectivity index (χ1v) is 10.1. The van der Waals surface area contributed by atoms with Crippen LogP contribution < -0.4 is 5.32 Å². The normalized spacial score (nSPS) is 19.1. The summed E-state index contributed by atoms with van der Waals surface area (Å²) in [6, 6.07) is 11.8. The second-order valence-electron chi connectivity index (χ2n) is 5.93. The Morgan fingerprint density at radius 1 is 1.31 bits per heavy atom. The molecular formula is C18H15ClN2O4S. The lowest BCUT2D eigenvalue weighted by Gasteiger charge is -2.09. The molecule has 1 aromatic heterocycles. The highest BCUT2D eigenvalue weighted by Gasteiger charge is 2.29. The van der Waals surface area contributed by atoms with Crippen LogP contribution in [0.1, 0.15) is 12.2 Å². The molecule has 2 aromatic rings. The number of amides is 1. The minimum absolute atomic E-state index is 0.0446. The van der Waals surface area contributed by atoms with Crippen LogP contribution in [0.5, 0.6) is 0 Å². The number of benzene rings is 1. The minimum atomic E-state index is -3.11. The molecule has 1 amide bonds. The van der Waals surface area contributed by atoms with Gasteiger partial charge >= 0.3 is 0 Å². The molecule has 1 aliphatic rings. The Bertz CT molecular complexity index is 1020. The average molecular weight is 391 g/mol. The largest absolute Gasteiger partial charge is 0.457 e. The maximum atomic E-state index is 12.2. The van der Waals surface area contributed by atoms with Crippen molar-refractivity contribution in [2.45, 2.75) is 12.5 Å². The summed E-state index contributed by atoms with van der Waals surface area (Å²) in [5.74, 6) is 0.162. The third kappa shape index (κ3) is 4.15. The van der Waals surface area contributed by atoms with Gasteiger partial charge in [0.25, 0.3) is 5.91 Å². The molecule has 1 aliphatic heterocycles. The topological polar surface area (TPSA) is 100 Å². The molecule has 0 bridgehead atoms. The molecule has 0 aliphatic carbocycles. The Morgan fingerprint density at radius 3 is 2.73 bits per heavy atom. The zero-order valence-corrected chi connectivity index (χ0v) is 15.2. The maximum absolute atomic E-state index is 12.2. The Balaban J connectivity index is 1.76. The van der Waals surface area contributed by atoms with Crippen molar-refractivity contribution in [1.82, 2.24) is 5.32 Å². The standard InChI is InChI=1S/C18H15ClN2O4S/c19-16-4-2-1-3-15(16)17-6-5-14(25-17)9-12(10-20)18(22)21-13-7-8-26(23,24)11-13/h1-6,9,13H,7-8,11H2,(H,21,22)/b12-9+/t13-/m0/s1. The summed E-state index contributed by atoms with van der Waals surface area (Å²) in [6.07, 6.45) is 1.67. The average Bonchev–Trinajstić information content (AvgIpc) is 3.19. The van der Waals surface area contributed by atoms with Gasteiger partial charge in [-0.3, -0.25) is 4.79 Å². The number of nitrogens with one attached hydrogen (secondary N) is 1. The van der Waals surface area contributed by atoms with Crippen molar-refractivity contribution >= 4 is 33.4 Å². The van der Waals surface area contributed by atoms with E-state index in [9.17, 15) is 18.5 Å². The molecule has 2 heterocycles. The molecule has 8 heteroatoms. The minimum Gasteiger partial charge on any atom is -0.457 e. The first kappa shape index (κ1) is 18.2. The van der Waals surface area contributed by atoms with E-state index in [1.807, 2.05) is 12.1 Å². The zero-order valence-electron chi connectivity index (χ0n) is 13.6. The summed E-state index contributed by atoms with van der Waals surface area (Å²) < 4.78 is 28.6. The van der Waals surface area contributed by atoms with Crippen LogP contribution in [-0.2, 0) is 14.6 Å². The lowest BCUT2D eigenvalue weighted by atomic mass is 10.2. The number of furan rings is 1. The van der Waals surface area contributed by atoms with Gasteiger partial charge in [0.1, 0.15) is 23.2 Å². The molecular weight excluding hydrogens is 376 g/mol. The van der Waals surface area contributed by atoms with E-state index in [-0.39, 0.29) is 17.1 Å². The van der Waals surface area contributed by atoms with Crippen molar-refractivity contribution in [3.05, 3.63) is 52.8 Å². The predicted molar refractivity (Wildman–Crippen MR) is 97.9 cm³/mol. The van der Waals surface area contributed by atoms with Crippen LogP contribution in [0.4, 0.5) is 0 Å². The van der Waals surface area contributed by atoms with Crippen molar-refractivity contribution < 1.29 is 17.6 Å². The fourth-order valence-electron chi connectivity index (χ4n) is 2.70. The van der Waals surface area contributed by atoms with E-state index in [4.69, 9.17) is 16.0 Å². The summed E-state index contributed by atoms with van der Waals surface area (Å²) in [5, 5.41) is 12.3. The molecule has 3 rings (SSSR count). The number of halogens is 1. The predicted octanol–water partition coefficient (Wildman–Crippen LogP) is 2.81. The van der Waals surface area contributed by atoms with Gasteiger partial charge in [0, 0.05) is 17.7 Å². The van der Waals surface area contributed by atoms with Crippen LogP contribution in [0.3, 0.4) is 0 Å². The quantitative estimate of drug-likeness (QED) is 0.639. The number of rotatable bonds is 4. The molecule has 0 radical (unpaired) electrons. The van der Waals surface area contributed by atoms with Gasteiger partial charge in [-0.05, 0) is 30.7 Å². The number of nitriles is 1. The molecule has 1 fully saturated rings. The molecule has 134 valence electrons. The van der Waals surface area contributed by atoms with E-state index >= 15 is 0 Å². The van der Waals surface area contributed by atoms with Crippen LogP contribution >= 0.6 is 11.6 Å². The summed E-state index contributed by atoms with van der Waals surface area (Å²) in [5.41, 5.74) is 0.544. The smallest absolute Gasteiger partial charge is 0.262 e. The molecule has 0 saturated carbocycles. The van der Waals surface area contributed by atoms with Crippen LogP contribution in [0, 0.1) is 11.3 Å². The van der Waals surface area contributed by atoms with E-state index in [1.54, 1.807) is 30.3 Å². The van der Waals surface area contributed by atoms with Crippen molar-refractivity contribution in [1.29, 1.82) is 5.26 Å². The first-order chi connectivity index (χ1) is 12.4. The molecule has 6 nitrogen and oxygen atoms in total. The number of carbonyl (C=O) groups is 1. The Hall–Kier alpha value is -2.56. The first-order valence-electron chi connectivity index (χ1n) is 7.86. The number of hydrogen-bond donors (Lipinski definition) is 1. The van der Waals surface area contributed by atoms with E-state index in [0.29, 0.717) is 28.5 Å². The van der Waals surface area contributed by atoms with Crippen molar-refractivity contribution in [2.75, 3.05) is 11.5 Å². The molecule has 1 saturated heterocycles. The zero-order chi connectivity index (χ0) is 18.7. The highest BCUT2D eigenvalue weighted by molar-refractivity contribution is 7.91. The number of nitrogens with zero attached hydrogens (tertiary/aromatic N) is 1. The van der Waals surface area contributed by atoms with Gasteiger partial charge in [0.05, 0.1) is 16.5 Å². The van der Waals surface area contributed by atoms with E-state index < -0.39 is 21.8 Å². The van der Waals surface area contributed by atoms with Crippen molar-refractivity contribution in [3.8, 4) is 17.4 Å². The van der Waals surface area contributed by atoms with E-state index in [0.717, 1.165) is 0 Å². The molecule has 1 aromatic carbocycles. The van der Waals surface area contributed by atoms with Crippen LogP contribution in [0.25, 0.3) is 17.4 Å². The van der Waals surface area contributed by atoms with Crippen molar-refractivity contribution in [3.63, 3.8) is 0 Å². The second kappa shape index (κ2) is 7.36. The van der Waals surface area contributed by atoms with Gasteiger partial charge in [-0.15, -0.1) is 0 Å². The molecule has 0 spiro atoms. The van der Waals surface area contributed by atoms with Gasteiger partial charge in [-0.25, -0.2) is 8.42 Å². The van der Waals surface area contributed by atoms with Gasteiger partial charge in [-0.1, -0.05) is 23.7 Å². The molecule has 1 N–H and O–H groups in total. The maximum Gasteiger partial charge on any atom is 0.262 e. The van der Waals surface area contributed by atoms with Gasteiger partial charge < -0.3 is 9.73 Å². The van der Waals surface area contributed by atoms with Crippen LogP contribution in [0.2, 0.25) is 5.02 Å². The van der Waals surface area contributed by atoms with E-state index in [1.165, 1.54) is 6.08 Å². The second-order valence-corrected chi connectivity index (χ2v) is 8.56. The molecule has 0 unspecified atom stereocenters. The fourth-order valence-corrected chi connectivity index (χ4v) is 4.60. The molecule has 26 heavy (non-hydrogen) atoms. The van der Waals surface area contributed by atoms with Gasteiger partial charge in [-0.2, -0.15) is 5.26 Å². The summed E-state index contributed by atoms with van der Waals surface area (Å²) in [6.45, 7) is 0. The lowest BCUT2D eigenvalue weighted by molar-refractivity contribution is -0.117. The Labute approximate surface area is 156 Å². The summed E-state index contributed by atoms with van der Waals surface area (Å²) in [4.78, 5) is 12.2. The highest BCUT2D eigenvalue weighted by atomic mass is 35.5. The van der Waals surface area contributed by atoms with Crippen LogP contribution in [-0.4, -0.2) is 31.9 Å². The highest BCUT2D eigenvalue weighted by Crippen LogP contribution is 2.29. The van der Waals surface area contributed by atoms with Crippen LogP contribution in [0.15, 0.2) is 46.4 Å². The third-order valence-corrected chi connectivity index (χ3v) is 6.08. The van der Waals surface area contributed by atoms with Gasteiger partial charge in [0.15, 0.2) is 9.84 Å². The number of sulfone groups is 1.